The van der Waals surface area contributed by atoms with Gasteiger partial charge in [0, 0.05) is 29.8 Å². The summed E-state index contributed by atoms with van der Waals surface area (Å²) in [5, 5.41) is 3.44. The lowest BCUT2D eigenvalue weighted by atomic mass is 10.2. The molecular formula is C15H25NOS. The summed E-state index contributed by atoms with van der Waals surface area (Å²) in [6, 6.07) is 9.27. The Morgan fingerprint density at radius 2 is 2.11 bits per heavy atom. The zero-order valence-electron chi connectivity index (χ0n) is 11.7. The van der Waals surface area contributed by atoms with Crippen LogP contribution in [-0.2, 0) is 11.3 Å². The molecule has 0 heterocycles. The van der Waals surface area contributed by atoms with E-state index in [-0.39, 0.29) is 0 Å². The number of rotatable bonds is 9. The maximum Gasteiger partial charge on any atom is 0.0560 e. The van der Waals surface area contributed by atoms with Crippen molar-refractivity contribution in [2.24, 2.45) is 0 Å². The van der Waals surface area contributed by atoms with Gasteiger partial charge in [0.25, 0.3) is 0 Å². The third-order valence-electron chi connectivity index (χ3n) is 2.46. The van der Waals surface area contributed by atoms with Crippen molar-refractivity contribution in [2.45, 2.75) is 44.7 Å². The minimum absolute atomic E-state index is 0.531. The van der Waals surface area contributed by atoms with Crippen LogP contribution in [0.25, 0.3) is 0 Å². The minimum atomic E-state index is 0.531. The number of hydrogen-bond acceptors (Lipinski definition) is 3. The number of ether oxygens (including phenoxy) is 1. The summed E-state index contributed by atoms with van der Waals surface area (Å²) >= 11 is 1.87. The number of benzene rings is 1. The molecule has 0 radical (unpaired) electrons. The van der Waals surface area contributed by atoms with Crippen molar-refractivity contribution >= 4 is 11.8 Å². The summed E-state index contributed by atoms with van der Waals surface area (Å²) < 4.78 is 5.48. The molecule has 1 aromatic carbocycles. The summed E-state index contributed by atoms with van der Waals surface area (Å²) in [4.78, 5) is 1.33. The first-order valence-electron chi connectivity index (χ1n) is 6.75. The molecule has 102 valence electrons. The average Bonchev–Trinajstić information content (AvgIpc) is 2.37. The Morgan fingerprint density at radius 1 is 1.28 bits per heavy atom. The first-order valence-corrected chi connectivity index (χ1v) is 7.73. The molecule has 0 fully saturated rings. The second kappa shape index (κ2) is 9.42. The van der Waals surface area contributed by atoms with Gasteiger partial charge in [-0.2, -0.15) is 0 Å². The molecule has 0 unspecified atom stereocenters. The van der Waals surface area contributed by atoms with Crippen LogP contribution in [0.4, 0.5) is 0 Å². The number of hydrogen-bond donors (Lipinski definition) is 1. The maximum absolute atomic E-state index is 5.48. The average molecular weight is 267 g/mol. The monoisotopic (exact) mass is 267 g/mol. The maximum atomic E-state index is 5.48. The molecule has 1 aromatic rings. The van der Waals surface area contributed by atoms with Crippen molar-refractivity contribution in [2.75, 3.05) is 19.0 Å². The first kappa shape index (κ1) is 15.5. The van der Waals surface area contributed by atoms with Crippen molar-refractivity contribution in [1.82, 2.24) is 5.32 Å². The van der Waals surface area contributed by atoms with E-state index in [1.54, 1.807) is 0 Å². The largest absolute Gasteiger partial charge is 0.381 e. The SMILES string of the molecule is CCCOCCSc1cccc(CNC(C)C)c1. The summed E-state index contributed by atoms with van der Waals surface area (Å²) in [5.41, 5.74) is 1.35. The highest BCUT2D eigenvalue weighted by Gasteiger charge is 1.98. The van der Waals surface area contributed by atoms with Crippen LogP contribution in [0.15, 0.2) is 29.2 Å². The van der Waals surface area contributed by atoms with Gasteiger partial charge < -0.3 is 10.1 Å². The predicted molar refractivity (Wildman–Crippen MR) is 80.3 cm³/mol. The quantitative estimate of drug-likeness (QED) is 0.544. The van der Waals surface area contributed by atoms with E-state index in [0.717, 1.165) is 31.9 Å². The van der Waals surface area contributed by atoms with Crippen LogP contribution < -0.4 is 5.32 Å². The van der Waals surface area contributed by atoms with Gasteiger partial charge in [-0.05, 0) is 24.1 Å². The molecule has 0 amide bonds. The minimum Gasteiger partial charge on any atom is -0.381 e. The molecule has 18 heavy (non-hydrogen) atoms. The van der Waals surface area contributed by atoms with Crippen molar-refractivity contribution in [3.05, 3.63) is 29.8 Å². The zero-order valence-corrected chi connectivity index (χ0v) is 12.6. The molecule has 2 nitrogen and oxygen atoms in total. The highest BCUT2D eigenvalue weighted by atomic mass is 32.2. The molecule has 0 aliphatic carbocycles. The molecule has 0 aromatic heterocycles. The Kier molecular flexibility index (Phi) is 8.14. The molecule has 3 heteroatoms. The molecule has 0 spiro atoms. The Bertz CT molecular complexity index is 328. The zero-order chi connectivity index (χ0) is 13.2. The molecule has 0 aliphatic heterocycles. The van der Waals surface area contributed by atoms with Gasteiger partial charge in [-0.3, -0.25) is 0 Å². The fraction of sp³-hybridized carbons (Fsp3) is 0.600. The molecule has 0 saturated heterocycles. The van der Waals surface area contributed by atoms with Crippen molar-refractivity contribution in [1.29, 1.82) is 0 Å². The lowest BCUT2D eigenvalue weighted by Crippen LogP contribution is -2.21. The Balaban J connectivity index is 2.30. The second-order valence-electron chi connectivity index (χ2n) is 4.64. The van der Waals surface area contributed by atoms with Crippen LogP contribution in [0.5, 0.6) is 0 Å². The van der Waals surface area contributed by atoms with Crippen molar-refractivity contribution in [3.63, 3.8) is 0 Å². The predicted octanol–water partition coefficient (Wildman–Crippen LogP) is 3.70. The van der Waals surface area contributed by atoms with Crippen LogP contribution in [0.2, 0.25) is 0 Å². The van der Waals surface area contributed by atoms with E-state index < -0.39 is 0 Å². The third kappa shape index (κ3) is 7.04. The fourth-order valence-corrected chi connectivity index (χ4v) is 2.38. The lowest BCUT2D eigenvalue weighted by Gasteiger charge is -2.09. The van der Waals surface area contributed by atoms with Crippen molar-refractivity contribution < 1.29 is 4.74 Å². The van der Waals surface area contributed by atoms with Gasteiger partial charge in [0.05, 0.1) is 6.61 Å². The molecule has 0 bridgehead atoms. The van der Waals surface area contributed by atoms with E-state index in [1.165, 1.54) is 10.5 Å². The highest BCUT2D eigenvalue weighted by molar-refractivity contribution is 7.99. The normalized spacial score (nSPS) is 11.1. The molecule has 0 saturated carbocycles. The van der Waals surface area contributed by atoms with Gasteiger partial charge in [0.1, 0.15) is 0 Å². The molecule has 0 aliphatic rings. The number of nitrogens with one attached hydrogen (secondary N) is 1. The van der Waals surface area contributed by atoms with E-state index in [1.807, 2.05) is 11.8 Å². The van der Waals surface area contributed by atoms with Crippen LogP contribution in [0, 0.1) is 0 Å². The van der Waals surface area contributed by atoms with Crippen LogP contribution in [0.3, 0.4) is 0 Å². The van der Waals surface area contributed by atoms with Gasteiger partial charge in [0.15, 0.2) is 0 Å². The van der Waals surface area contributed by atoms with Gasteiger partial charge >= 0.3 is 0 Å². The van der Waals surface area contributed by atoms with E-state index >= 15 is 0 Å². The Morgan fingerprint density at radius 3 is 2.83 bits per heavy atom. The topological polar surface area (TPSA) is 21.3 Å². The van der Waals surface area contributed by atoms with Crippen LogP contribution in [-0.4, -0.2) is 25.0 Å². The van der Waals surface area contributed by atoms with E-state index in [4.69, 9.17) is 4.74 Å². The van der Waals surface area contributed by atoms with Crippen LogP contribution >= 0.6 is 11.8 Å². The number of thioether (sulfide) groups is 1. The molecule has 0 atom stereocenters. The van der Waals surface area contributed by atoms with E-state index in [9.17, 15) is 0 Å². The molecule has 1 N–H and O–H groups in total. The second-order valence-corrected chi connectivity index (χ2v) is 5.81. The Labute approximate surface area is 116 Å². The fourth-order valence-electron chi connectivity index (χ4n) is 1.53. The van der Waals surface area contributed by atoms with E-state index in [2.05, 4.69) is 50.4 Å². The lowest BCUT2D eigenvalue weighted by molar-refractivity contribution is 0.151. The summed E-state index contributed by atoms with van der Waals surface area (Å²) in [5.74, 6) is 1.03. The Hall–Kier alpha value is -0.510. The van der Waals surface area contributed by atoms with E-state index in [0.29, 0.717) is 6.04 Å². The van der Waals surface area contributed by atoms with Crippen molar-refractivity contribution in [3.8, 4) is 0 Å². The van der Waals surface area contributed by atoms with Gasteiger partial charge in [-0.1, -0.05) is 32.9 Å². The highest BCUT2D eigenvalue weighted by Crippen LogP contribution is 2.19. The smallest absolute Gasteiger partial charge is 0.0560 e. The summed E-state index contributed by atoms with van der Waals surface area (Å²) in [6.07, 6.45) is 1.10. The standard InChI is InChI=1S/C15H25NOS/c1-4-8-17-9-10-18-15-7-5-6-14(11-15)12-16-13(2)3/h5-7,11,13,16H,4,8-10,12H2,1-3H3. The third-order valence-corrected chi connectivity index (χ3v) is 3.42. The van der Waals surface area contributed by atoms with Gasteiger partial charge in [0.2, 0.25) is 0 Å². The van der Waals surface area contributed by atoms with Gasteiger partial charge in [-0.15, -0.1) is 11.8 Å². The molecule has 1 rings (SSSR count). The molecular weight excluding hydrogens is 242 g/mol. The first-order chi connectivity index (χ1) is 8.72. The summed E-state index contributed by atoms with van der Waals surface area (Å²) in [6.45, 7) is 9.13. The van der Waals surface area contributed by atoms with Gasteiger partial charge in [-0.25, -0.2) is 0 Å². The van der Waals surface area contributed by atoms with Crippen LogP contribution in [0.1, 0.15) is 32.8 Å². The summed E-state index contributed by atoms with van der Waals surface area (Å²) in [7, 11) is 0.